The van der Waals surface area contributed by atoms with Gasteiger partial charge in [0.25, 0.3) is 0 Å². The van der Waals surface area contributed by atoms with Gasteiger partial charge in [-0.1, -0.05) is 109 Å². The Morgan fingerprint density at radius 3 is 2.12 bits per heavy atom. The van der Waals surface area contributed by atoms with Crippen LogP contribution in [0, 0.1) is 23.7 Å². The van der Waals surface area contributed by atoms with Gasteiger partial charge in [-0.25, -0.2) is 4.98 Å². The van der Waals surface area contributed by atoms with E-state index in [2.05, 4.69) is 50.4 Å². The van der Waals surface area contributed by atoms with Crippen LogP contribution in [-0.4, -0.2) is 80.9 Å². The van der Waals surface area contributed by atoms with E-state index in [0.29, 0.717) is 50.1 Å². The van der Waals surface area contributed by atoms with Gasteiger partial charge in [0.05, 0.1) is 30.9 Å². The van der Waals surface area contributed by atoms with E-state index < -0.39 is 48.0 Å². The van der Waals surface area contributed by atoms with Crippen LogP contribution in [0.1, 0.15) is 96.9 Å². The lowest BCUT2D eigenvalue weighted by Gasteiger charge is -2.30. The molecular formula is C45H65N7O6. The molecule has 1 aliphatic heterocycles. The number of benzene rings is 2. The van der Waals surface area contributed by atoms with Crippen molar-refractivity contribution in [2.45, 2.75) is 136 Å². The first kappa shape index (κ1) is 45.7. The third-order valence-electron chi connectivity index (χ3n) is 10.9. The fourth-order valence-electron chi connectivity index (χ4n) is 7.56. The highest BCUT2D eigenvalue weighted by molar-refractivity contribution is 5.90. The Kier molecular flexibility index (Phi) is 17.9. The second kappa shape index (κ2) is 22.8. The number of aliphatic hydroxyl groups excluding tert-OH is 1. The number of aromatic nitrogens is 2. The molecule has 0 bridgehead atoms. The summed E-state index contributed by atoms with van der Waals surface area (Å²) in [5.74, 6) is -2.11. The first-order chi connectivity index (χ1) is 27.7. The minimum atomic E-state index is -1.29. The molecule has 8 atom stereocenters. The highest BCUT2D eigenvalue weighted by Crippen LogP contribution is 2.20. The molecule has 316 valence electrons. The SMILES string of the molecule is CC[C@H](C)[C@H](NC(=O)C[C@H](O)[C@H](CC(C)C)NC(=O)[C@H](Cc1cnc[nH]1)NC(=O)C(CCc1ccccc1)Cc1ccccc1)C(=O)N[C@H]1CC(=O)N[C@H]1CC(C)C. The van der Waals surface area contributed by atoms with Crippen molar-refractivity contribution >= 4 is 29.5 Å². The maximum Gasteiger partial charge on any atom is 0.243 e. The van der Waals surface area contributed by atoms with Gasteiger partial charge in [-0.3, -0.25) is 24.0 Å². The summed E-state index contributed by atoms with van der Waals surface area (Å²) in [4.78, 5) is 74.8. The molecule has 3 aromatic rings. The van der Waals surface area contributed by atoms with Gasteiger partial charge in [-0.2, -0.15) is 0 Å². The number of aromatic amines is 1. The molecular weight excluding hydrogens is 735 g/mol. The number of amides is 5. The Hall–Kier alpha value is -5.04. The lowest BCUT2D eigenvalue weighted by Crippen LogP contribution is -2.56. The molecule has 13 heteroatoms. The molecule has 0 spiro atoms. The topological polar surface area (TPSA) is 194 Å². The largest absolute Gasteiger partial charge is 0.390 e. The van der Waals surface area contributed by atoms with E-state index in [0.717, 1.165) is 11.1 Å². The zero-order valence-corrected chi connectivity index (χ0v) is 35.0. The van der Waals surface area contributed by atoms with Crippen molar-refractivity contribution in [3.63, 3.8) is 0 Å². The molecule has 1 saturated heterocycles. The minimum Gasteiger partial charge on any atom is -0.390 e. The number of nitrogens with one attached hydrogen (secondary N) is 6. The molecule has 1 fully saturated rings. The minimum absolute atomic E-state index is 0.0389. The number of aliphatic hydroxyl groups is 1. The van der Waals surface area contributed by atoms with Crippen molar-refractivity contribution < 1.29 is 29.1 Å². The van der Waals surface area contributed by atoms with Crippen LogP contribution in [0.5, 0.6) is 0 Å². The number of hydrogen-bond donors (Lipinski definition) is 7. The Morgan fingerprint density at radius 2 is 1.52 bits per heavy atom. The van der Waals surface area contributed by atoms with Gasteiger partial charge in [0.2, 0.25) is 29.5 Å². The van der Waals surface area contributed by atoms with Crippen molar-refractivity contribution in [1.29, 1.82) is 0 Å². The third kappa shape index (κ3) is 14.7. The van der Waals surface area contributed by atoms with Gasteiger partial charge in [0.1, 0.15) is 12.1 Å². The van der Waals surface area contributed by atoms with E-state index in [1.807, 2.05) is 88.4 Å². The van der Waals surface area contributed by atoms with Crippen molar-refractivity contribution in [3.05, 3.63) is 90.0 Å². The second-order valence-corrected chi connectivity index (χ2v) is 16.8. The number of rotatable bonds is 23. The van der Waals surface area contributed by atoms with Gasteiger partial charge in [0, 0.05) is 36.7 Å². The molecule has 0 saturated carbocycles. The van der Waals surface area contributed by atoms with Crippen molar-refractivity contribution in [1.82, 2.24) is 36.6 Å². The van der Waals surface area contributed by atoms with Gasteiger partial charge in [0.15, 0.2) is 0 Å². The molecule has 1 unspecified atom stereocenters. The van der Waals surface area contributed by atoms with Crippen molar-refractivity contribution in [3.8, 4) is 0 Å². The molecule has 5 amide bonds. The predicted molar refractivity (Wildman–Crippen MR) is 224 cm³/mol. The fourth-order valence-corrected chi connectivity index (χ4v) is 7.56. The highest BCUT2D eigenvalue weighted by Gasteiger charge is 2.37. The van der Waals surface area contributed by atoms with Crippen LogP contribution in [0.4, 0.5) is 0 Å². The van der Waals surface area contributed by atoms with Crippen LogP contribution in [0.2, 0.25) is 0 Å². The zero-order valence-electron chi connectivity index (χ0n) is 35.0. The van der Waals surface area contributed by atoms with Crippen molar-refractivity contribution in [2.75, 3.05) is 0 Å². The van der Waals surface area contributed by atoms with E-state index >= 15 is 0 Å². The average Bonchev–Trinajstić information content (AvgIpc) is 3.83. The molecule has 0 radical (unpaired) electrons. The van der Waals surface area contributed by atoms with E-state index in [9.17, 15) is 29.1 Å². The molecule has 0 aliphatic carbocycles. The van der Waals surface area contributed by atoms with Crippen LogP contribution in [0.15, 0.2) is 73.2 Å². The van der Waals surface area contributed by atoms with Crippen LogP contribution in [-0.2, 0) is 43.2 Å². The van der Waals surface area contributed by atoms with Gasteiger partial charge >= 0.3 is 0 Å². The maximum absolute atomic E-state index is 14.2. The average molecular weight is 800 g/mol. The molecule has 1 aromatic heterocycles. The summed E-state index contributed by atoms with van der Waals surface area (Å²) in [5.41, 5.74) is 2.77. The molecule has 2 aromatic carbocycles. The Bertz CT molecular complexity index is 1740. The number of carbonyl (C=O) groups is 5. The maximum atomic E-state index is 14.2. The summed E-state index contributed by atoms with van der Waals surface area (Å²) >= 11 is 0. The normalized spacial score (nSPS) is 18.4. The molecule has 1 aliphatic rings. The fraction of sp³-hybridized carbons (Fsp3) is 0.556. The monoisotopic (exact) mass is 799 g/mol. The number of nitrogens with zero attached hydrogens (tertiary/aromatic N) is 1. The van der Waals surface area contributed by atoms with Crippen LogP contribution in [0.3, 0.4) is 0 Å². The van der Waals surface area contributed by atoms with E-state index in [1.165, 1.54) is 6.33 Å². The number of hydrogen-bond acceptors (Lipinski definition) is 7. The van der Waals surface area contributed by atoms with Gasteiger partial charge < -0.3 is 36.7 Å². The molecule has 58 heavy (non-hydrogen) atoms. The Morgan fingerprint density at radius 1 is 0.845 bits per heavy atom. The molecule has 2 heterocycles. The van der Waals surface area contributed by atoms with E-state index in [1.54, 1.807) is 6.20 Å². The van der Waals surface area contributed by atoms with Crippen molar-refractivity contribution in [2.24, 2.45) is 23.7 Å². The Labute approximate surface area is 343 Å². The number of H-pyrrole nitrogens is 1. The van der Waals surface area contributed by atoms with Crippen LogP contribution < -0.4 is 26.6 Å². The summed E-state index contributed by atoms with van der Waals surface area (Å²) in [7, 11) is 0. The molecule has 7 N–H and O–H groups in total. The zero-order chi connectivity index (χ0) is 42.2. The first-order valence-electron chi connectivity index (χ1n) is 20.9. The lowest BCUT2D eigenvalue weighted by molar-refractivity contribution is -0.133. The number of aryl methyl sites for hydroxylation is 1. The highest BCUT2D eigenvalue weighted by atomic mass is 16.3. The summed E-state index contributed by atoms with van der Waals surface area (Å²) in [6, 6.07) is 16.4. The summed E-state index contributed by atoms with van der Waals surface area (Å²) in [6.45, 7) is 11.8. The second-order valence-electron chi connectivity index (χ2n) is 16.8. The first-order valence-corrected chi connectivity index (χ1v) is 20.9. The predicted octanol–water partition coefficient (Wildman–Crippen LogP) is 4.16. The molecule has 4 rings (SSSR count). The summed E-state index contributed by atoms with van der Waals surface area (Å²) < 4.78 is 0. The van der Waals surface area contributed by atoms with Crippen LogP contribution >= 0.6 is 0 Å². The summed E-state index contributed by atoms with van der Waals surface area (Å²) in [5, 5.41) is 26.3. The smallest absolute Gasteiger partial charge is 0.243 e. The number of imidazole rings is 1. The Balaban J connectivity index is 1.46. The van der Waals surface area contributed by atoms with E-state index in [4.69, 9.17) is 0 Å². The standard InChI is InChI=1S/C45H65N7O6/c1-7-30(6)42(45(58)49-36-24-40(54)48-35(36)20-28(2)3)52-41(55)25-39(53)37(21-29(4)5)50-44(57)38(23-34-26-46-27-47-34)51-43(56)33(22-32-16-12-9-13-17-32)19-18-31-14-10-8-11-15-31/h8-17,26-30,33,35-39,42,53H,7,18-25H2,1-6H3,(H,46,47)(H,48,54)(H,49,58)(H,50,57)(H,51,56)(H,52,55)/t30-,33?,35-,36-,37-,38-,39-,42-/m0/s1. The van der Waals surface area contributed by atoms with E-state index in [-0.39, 0.29) is 54.9 Å². The van der Waals surface area contributed by atoms with Gasteiger partial charge in [-0.05, 0) is 61.0 Å². The third-order valence-corrected chi connectivity index (χ3v) is 10.9. The quantitative estimate of drug-likeness (QED) is 0.0749. The summed E-state index contributed by atoms with van der Waals surface area (Å²) in [6.07, 6.45) is 5.16. The number of carbonyl (C=O) groups excluding carboxylic acids is 5. The molecule has 13 nitrogen and oxygen atoms in total. The lowest BCUT2D eigenvalue weighted by atomic mass is 9.91. The van der Waals surface area contributed by atoms with Gasteiger partial charge in [-0.15, -0.1) is 0 Å². The van der Waals surface area contributed by atoms with Crippen LogP contribution in [0.25, 0.3) is 0 Å².